The zero-order valence-electron chi connectivity index (χ0n) is 12.2. The van der Waals surface area contributed by atoms with Crippen molar-refractivity contribution in [2.24, 2.45) is 0 Å². The minimum atomic E-state index is -0.397. The number of hydrogen-bond acceptors (Lipinski definition) is 3. The van der Waals surface area contributed by atoms with Gasteiger partial charge < -0.3 is 9.47 Å². The summed E-state index contributed by atoms with van der Waals surface area (Å²) in [5.41, 5.74) is 0.187. The highest BCUT2D eigenvalue weighted by Crippen LogP contribution is 2.29. The maximum atomic E-state index is 13.4. The van der Waals surface area contributed by atoms with Crippen LogP contribution in [-0.4, -0.2) is 18.8 Å². The molecule has 0 aliphatic carbocycles. The van der Waals surface area contributed by atoms with Gasteiger partial charge >= 0.3 is 0 Å². The minimum absolute atomic E-state index is 0.275. The largest absolute Gasteiger partial charge is 0.497 e. The molecule has 2 aromatic carbocycles. The number of aromatic nitrogens is 1. The molecule has 4 nitrogen and oxygen atoms in total. The fourth-order valence-corrected chi connectivity index (χ4v) is 2.42. The molecule has 0 amide bonds. The predicted molar refractivity (Wildman–Crippen MR) is 82.6 cm³/mol. The van der Waals surface area contributed by atoms with Gasteiger partial charge in [-0.3, -0.25) is 9.36 Å². The molecule has 0 spiro atoms. The number of ether oxygens (including phenoxy) is 2. The average Bonchev–Trinajstić information content (AvgIpc) is 2.54. The third-order valence-electron chi connectivity index (χ3n) is 3.48. The SMILES string of the molecule is COc1cc(OC)c2c(=O)n(-c3cccc(F)c3)ccc2c1. The van der Waals surface area contributed by atoms with Crippen LogP contribution < -0.4 is 15.0 Å². The molecule has 0 unspecified atom stereocenters. The molecule has 0 aliphatic rings. The van der Waals surface area contributed by atoms with Crippen LogP contribution in [0.3, 0.4) is 0 Å². The van der Waals surface area contributed by atoms with E-state index in [0.717, 1.165) is 0 Å². The lowest BCUT2D eigenvalue weighted by Crippen LogP contribution is -2.18. The molecule has 1 aromatic heterocycles. The molecule has 0 atom stereocenters. The van der Waals surface area contributed by atoms with Crippen LogP contribution >= 0.6 is 0 Å². The Morgan fingerprint density at radius 3 is 2.55 bits per heavy atom. The number of pyridine rings is 1. The number of methoxy groups -OCH3 is 2. The van der Waals surface area contributed by atoms with E-state index in [1.54, 1.807) is 43.6 Å². The molecule has 0 aliphatic heterocycles. The first-order valence-electron chi connectivity index (χ1n) is 6.67. The van der Waals surface area contributed by atoms with E-state index in [1.807, 2.05) is 0 Å². The summed E-state index contributed by atoms with van der Waals surface area (Å²) in [4.78, 5) is 12.7. The van der Waals surface area contributed by atoms with E-state index in [0.29, 0.717) is 28.0 Å². The van der Waals surface area contributed by atoms with E-state index >= 15 is 0 Å². The number of fused-ring (bicyclic) bond motifs is 1. The van der Waals surface area contributed by atoms with Gasteiger partial charge in [0.05, 0.1) is 25.3 Å². The number of benzene rings is 2. The first-order valence-corrected chi connectivity index (χ1v) is 6.67. The first kappa shape index (κ1) is 14.1. The molecule has 0 N–H and O–H groups in total. The molecule has 3 aromatic rings. The van der Waals surface area contributed by atoms with E-state index in [1.165, 1.54) is 23.8 Å². The predicted octanol–water partition coefficient (Wildman–Crippen LogP) is 3.15. The maximum Gasteiger partial charge on any atom is 0.266 e. The summed E-state index contributed by atoms with van der Waals surface area (Å²) in [5, 5.41) is 1.13. The third kappa shape index (κ3) is 2.30. The first-order chi connectivity index (χ1) is 10.6. The normalized spacial score (nSPS) is 10.7. The molecule has 0 radical (unpaired) electrons. The van der Waals surface area contributed by atoms with Crippen LogP contribution in [0.4, 0.5) is 4.39 Å². The van der Waals surface area contributed by atoms with Crippen LogP contribution in [0.1, 0.15) is 0 Å². The monoisotopic (exact) mass is 299 g/mol. The summed E-state index contributed by atoms with van der Waals surface area (Å²) in [7, 11) is 3.04. The Hall–Kier alpha value is -2.82. The standard InChI is InChI=1S/C17H14FNO3/c1-21-14-8-11-6-7-19(13-5-3-4-12(18)9-13)17(20)16(11)15(10-14)22-2/h3-10H,1-2H3. The number of nitrogens with zero attached hydrogens (tertiary/aromatic N) is 1. The Balaban J connectivity index is 2.32. The second-order valence-electron chi connectivity index (χ2n) is 4.76. The van der Waals surface area contributed by atoms with Crippen molar-refractivity contribution < 1.29 is 13.9 Å². The minimum Gasteiger partial charge on any atom is -0.497 e. The van der Waals surface area contributed by atoms with Gasteiger partial charge in [0, 0.05) is 12.3 Å². The Bertz CT molecular complexity index is 902. The van der Waals surface area contributed by atoms with Crippen molar-refractivity contribution in [2.75, 3.05) is 14.2 Å². The second-order valence-corrected chi connectivity index (χ2v) is 4.76. The van der Waals surface area contributed by atoms with E-state index < -0.39 is 5.82 Å². The maximum absolute atomic E-state index is 13.4. The lowest BCUT2D eigenvalue weighted by Gasteiger charge is -2.11. The summed E-state index contributed by atoms with van der Waals surface area (Å²) in [6, 6.07) is 11.1. The van der Waals surface area contributed by atoms with E-state index in [9.17, 15) is 9.18 Å². The zero-order chi connectivity index (χ0) is 15.7. The quantitative estimate of drug-likeness (QED) is 0.746. The summed E-state index contributed by atoms with van der Waals surface area (Å²) < 4.78 is 25.3. The highest BCUT2D eigenvalue weighted by atomic mass is 19.1. The third-order valence-corrected chi connectivity index (χ3v) is 3.48. The van der Waals surface area contributed by atoms with Gasteiger partial charge in [0.2, 0.25) is 0 Å². The van der Waals surface area contributed by atoms with Gasteiger partial charge in [0.25, 0.3) is 5.56 Å². The summed E-state index contributed by atoms with van der Waals surface area (Å²) >= 11 is 0. The molecule has 0 saturated carbocycles. The number of rotatable bonds is 3. The van der Waals surface area contributed by atoms with Crippen molar-refractivity contribution in [3.8, 4) is 17.2 Å². The van der Waals surface area contributed by atoms with Crippen LogP contribution in [0.5, 0.6) is 11.5 Å². The lowest BCUT2D eigenvalue weighted by atomic mass is 10.1. The van der Waals surface area contributed by atoms with Crippen molar-refractivity contribution in [3.05, 3.63) is 64.8 Å². The number of halogens is 1. The smallest absolute Gasteiger partial charge is 0.266 e. The second kappa shape index (κ2) is 5.52. The van der Waals surface area contributed by atoms with Crippen molar-refractivity contribution in [3.63, 3.8) is 0 Å². The summed E-state index contributed by atoms with van der Waals surface area (Å²) in [5.74, 6) is 0.628. The molecule has 22 heavy (non-hydrogen) atoms. The van der Waals surface area contributed by atoms with Gasteiger partial charge in [-0.1, -0.05) is 6.07 Å². The van der Waals surface area contributed by atoms with Crippen LogP contribution in [0.15, 0.2) is 53.5 Å². The molecule has 1 heterocycles. The van der Waals surface area contributed by atoms with E-state index in [2.05, 4.69) is 0 Å². The average molecular weight is 299 g/mol. The van der Waals surface area contributed by atoms with Gasteiger partial charge in [-0.05, 0) is 35.7 Å². The molecule has 112 valence electrons. The van der Waals surface area contributed by atoms with Gasteiger partial charge in [-0.2, -0.15) is 0 Å². The van der Waals surface area contributed by atoms with Crippen molar-refractivity contribution in [1.82, 2.24) is 4.57 Å². The Labute approximate surface area is 126 Å². The molecule has 0 saturated heterocycles. The Morgan fingerprint density at radius 1 is 1.05 bits per heavy atom. The van der Waals surface area contributed by atoms with Crippen LogP contribution in [0.2, 0.25) is 0 Å². The fourth-order valence-electron chi connectivity index (χ4n) is 2.42. The summed E-state index contributed by atoms with van der Waals surface area (Å²) in [6.07, 6.45) is 1.61. The van der Waals surface area contributed by atoms with E-state index in [-0.39, 0.29) is 5.56 Å². The fraction of sp³-hybridized carbons (Fsp3) is 0.118. The molecule has 0 bridgehead atoms. The van der Waals surface area contributed by atoms with Crippen LogP contribution in [0.25, 0.3) is 16.5 Å². The van der Waals surface area contributed by atoms with Gasteiger partial charge in [0.15, 0.2) is 0 Å². The van der Waals surface area contributed by atoms with Crippen molar-refractivity contribution >= 4 is 10.8 Å². The van der Waals surface area contributed by atoms with Gasteiger partial charge in [-0.25, -0.2) is 4.39 Å². The molecule has 5 heteroatoms. The van der Waals surface area contributed by atoms with Crippen LogP contribution in [0, 0.1) is 5.82 Å². The van der Waals surface area contributed by atoms with Crippen molar-refractivity contribution in [1.29, 1.82) is 0 Å². The molecule has 3 rings (SSSR count). The highest BCUT2D eigenvalue weighted by molar-refractivity contribution is 5.89. The van der Waals surface area contributed by atoms with Crippen molar-refractivity contribution in [2.45, 2.75) is 0 Å². The Kier molecular flexibility index (Phi) is 3.55. The van der Waals surface area contributed by atoms with Gasteiger partial charge in [0.1, 0.15) is 17.3 Å². The lowest BCUT2D eigenvalue weighted by molar-refractivity contribution is 0.397. The molecular weight excluding hydrogens is 285 g/mol. The Morgan fingerprint density at radius 2 is 1.86 bits per heavy atom. The van der Waals surface area contributed by atoms with Crippen LogP contribution in [-0.2, 0) is 0 Å². The topological polar surface area (TPSA) is 40.5 Å². The zero-order valence-corrected chi connectivity index (χ0v) is 12.2. The highest BCUT2D eigenvalue weighted by Gasteiger charge is 2.12. The summed E-state index contributed by atoms with van der Waals surface area (Å²) in [6.45, 7) is 0. The molecular formula is C17H14FNO3. The van der Waals surface area contributed by atoms with E-state index in [4.69, 9.17) is 9.47 Å². The molecule has 0 fully saturated rings. The van der Waals surface area contributed by atoms with Gasteiger partial charge in [-0.15, -0.1) is 0 Å². The number of hydrogen-bond donors (Lipinski definition) is 0.